The number of likely N-dealkylation sites (tertiary alicyclic amines) is 1. The highest BCUT2D eigenvalue weighted by molar-refractivity contribution is 5.79. The molecule has 4 aliphatic carbocycles. The van der Waals surface area contributed by atoms with Crippen LogP contribution in [0, 0.1) is 23.6 Å². The van der Waals surface area contributed by atoms with E-state index < -0.39 is 0 Å². The lowest BCUT2D eigenvalue weighted by Crippen LogP contribution is -2.62. The number of nitrogens with zero attached hydrogens (tertiary/aromatic N) is 2. The van der Waals surface area contributed by atoms with E-state index in [1.807, 2.05) is 12.1 Å². The van der Waals surface area contributed by atoms with Crippen LogP contribution in [0.1, 0.15) is 70.8 Å². The summed E-state index contributed by atoms with van der Waals surface area (Å²) in [5.41, 5.74) is 1.08. The summed E-state index contributed by atoms with van der Waals surface area (Å²) in [5.74, 6) is 2.46. The maximum atomic E-state index is 13.9. The molecule has 32 heavy (non-hydrogen) atoms. The first-order valence-corrected chi connectivity index (χ1v) is 12.9. The highest BCUT2D eigenvalue weighted by atomic mass is 19.1. The molecule has 5 heteroatoms. The van der Waals surface area contributed by atoms with Crippen LogP contribution in [-0.2, 0) is 11.3 Å². The average molecular weight is 442 g/mol. The average Bonchev–Trinajstić information content (AvgIpc) is 2.73. The molecule has 176 valence electrons. The Bertz CT molecular complexity index is 764. The van der Waals surface area contributed by atoms with E-state index in [4.69, 9.17) is 0 Å². The van der Waals surface area contributed by atoms with E-state index >= 15 is 0 Å². The number of rotatable bonds is 7. The van der Waals surface area contributed by atoms with Gasteiger partial charge in [0, 0.05) is 37.3 Å². The van der Waals surface area contributed by atoms with Crippen LogP contribution >= 0.6 is 0 Å². The van der Waals surface area contributed by atoms with Gasteiger partial charge in [0.1, 0.15) is 5.82 Å². The van der Waals surface area contributed by atoms with Crippen LogP contribution in [0.4, 0.5) is 4.39 Å². The van der Waals surface area contributed by atoms with Crippen molar-refractivity contribution in [2.75, 3.05) is 19.6 Å². The van der Waals surface area contributed by atoms with Crippen molar-refractivity contribution in [3.8, 4) is 0 Å². The number of amides is 1. The number of halogens is 1. The van der Waals surface area contributed by atoms with E-state index in [0.29, 0.717) is 25.2 Å². The molecule has 5 fully saturated rings. The van der Waals surface area contributed by atoms with E-state index in [0.717, 1.165) is 49.2 Å². The lowest BCUT2D eigenvalue weighted by atomic mass is 9.52. The number of benzene rings is 1. The molecule has 1 N–H and O–H groups in total. The molecule has 4 nitrogen and oxygen atoms in total. The zero-order valence-corrected chi connectivity index (χ0v) is 19.9. The molecular formula is C27H40FN3O. The molecule has 0 unspecified atom stereocenters. The predicted octanol–water partition coefficient (Wildman–Crippen LogP) is 4.59. The van der Waals surface area contributed by atoms with Gasteiger partial charge in [-0.3, -0.25) is 9.69 Å². The molecule has 6 rings (SSSR count). The van der Waals surface area contributed by atoms with Gasteiger partial charge in [-0.2, -0.15) is 0 Å². The molecule has 1 aromatic carbocycles. The Labute approximate surface area is 192 Å². The van der Waals surface area contributed by atoms with Crippen LogP contribution in [0.15, 0.2) is 24.3 Å². The molecule has 0 atom stereocenters. The Balaban J connectivity index is 1.31. The van der Waals surface area contributed by atoms with Crippen molar-refractivity contribution in [2.24, 2.45) is 17.8 Å². The van der Waals surface area contributed by atoms with Crippen molar-refractivity contribution in [2.45, 2.75) is 89.4 Å². The van der Waals surface area contributed by atoms with Crippen LogP contribution in [-0.4, -0.2) is 53.0 Å². The quantitative estimate of drug-likeness (QED) is 0.672. The SMILES string of the molecule is CC(C)NC1CCN(CC(=O)N(Cc2ccc(F)cc2)C23CC4CC(CC(C4)C2)C3)CC1. The van der Waals surface area contributed by atoms with Crippen molar-refractivity contribution in [3.05, 3.63) is 35.6 Å². The minimum Gasteiger partial charge on any atom is -0.332 e. The van der Waals surface area contributed by atoms with E-state index in [-0.39, 0.29) is 17.3 Å². The first kappa shape index (κ1) is 22.3. The summed E-state index contributed by atoms with van der Waals surface area (Å²) < 4.78 is 13.5. The highest BCUT2D eigenvalue weighted by Gasteiger charge is 2.54. The topological polar surface area (TPSA) is 35.6 Å². The maximum absolute atomic E-state index is 13.9. The third-order valence-corrected chi connectivity index (χ3v) is 8.65. The van der Waals surface area contributed by atoms with Gasteiger partial charge in [-0.1, -0.05) is 26.0 Å². The molecule has 4 bridgehead atoms. The van der Waals surface area contributed by atoms with Crippen molar-refractivity contribution in [1.82, 2.24) is 15.1 Å². The zero-order valence-electron chi connectivity index (χ0n) is 19.9. The summed E-state index contributed by atoms with van der Waals surface area (Å²) in [6.45, 7) is 7.53. The Hall–Kier alpha value is -1.46. The molecule has 0 spiro atoms. The first-order chi connectivity index (χ1) is 15.4. The van der Waals surface area contributed by atoms with Gasteiger partial charge in [0.15, 0.2) is 0 Å². The van der Waals surface area contributed by atoms with Crippen LogP contribution in [0.2, 0.25) is 0 Å². The molecule has 1 aliphatic heterocycles. The molecule has 1 amide bonds. The molecule has 4 saturated carbocycles. The largest absolute Gasteiger partial charge is 0.332 e. The normalized spacial score (nSPS) is 32.6. The zero-order chi connectivity index (χ0) is 22.3. The lowest BCUT2D eigenvalue weighted by Gasteiger charge is -2.60. The summed E-state index contributed by atoms with van der Waals surface area (Å²) in [6, 6.07) is 7.86. The molecule has 5 aliphatic rings. The van der Waals surface area contributed by atoms with Gasteiger partial charge in [0.25, 0.3) is 0 Å². The summed E-state index contributed by atoms with van der Waals surface area (Å²) in [6.07, 6.45) is 9.85. The van der Waals surface area contributed by atoms with Gasteiger partial charge in [-0.05, 0) is 86.8 Å². The minimum absolute atomic E-state index is 0.0255. The third-order valence-electron chi connectivity index (χ3n) is 8.65. The van der Waals surface area contributed by atoms with Gasteiger partial charge < -0.3 is 10.2 Å². The number of nitrogens with one attached hydrogen (secondary N) is 1. The second-order valence-electron chi connectivity index (χ2n) is 11.6. The summed E-state index contributed by atoms with van der Waals surface area (Å²) in [5, 5.41) is 3.65. The monoisotopic (exact) mass is 441 g/mol. The van der Waals surface area contributed by atoms with Gasteiger partial charge in [0.2, 0.25) is 5.91 Å². The van der Waals surface area contributed by atoms with Crippen molar-refractivity contribution < 1.29 is 9.18 Å². The Morgan fingerprint density at radius 2 is 1.62 bits per heavy atom. The second kappa shape index (κ2) is 9.06. The summed E-state index contributed by atoms with van der Waals surface area (Å²) in [4.78, 5) is 18.5. The number of hydrogen-bond donors (Lipinski definition) is 1. The Morgan fingerprint density at radius 1 is 1.06 bits per heavy atom. The molecule has 0 aromatic heterocycles. The van der Waals surface area contributed by atoms with Crippen LogP contribution in [0.5, 0.6) is 0 Å². The molecule has 1 saturated heterocycles. The number of hydrogen-bond acceptors (Lipinski definition) is 3. The van der Waals surface area contributed by atoms with E-state index in [2.05, 4.69) is 29.0 Å². The second-order valence-corrected chi connectivity index (χ2v) is 11.6. The predicted molar refractivity (Wildman–Crippen MR) is 126 cm³/mol. The van der Waals surface area contributed by atoms with Gasteiger partial charge in [-0.15, -0.1) is 0 Å². The van der Waals surface area contributed by atoms with Crippen molar-refractivity contribution >= 4 is 5.91 Å². The smallest absolute Gasteiger partial charge is 0.237 e. The fourth-order valence-corrected chi connectivity index (χ4v) is 7.69. The van der Waals surface area contributed by atoms with E-state index in [1.165, 1.54) is 50.7 Å². The van der Waals surface area contributed by atoms with Crippen molar-refractivity contribution in [3.63, 3.8) is 0 Å². The van der Waals surface area contributed by atoms with Gasteiger partial charge in [0.05, 0.1) is 6.54 Å². The number of carbonyl (C=O) groups is 1. The molecular weight excluding hydrogens is 401 g/mol. The Morgan fingerprint density at radius 3 is 2.16 bits per heavy atom. The van der Waals surface area contributed by atoms with Gasteiger partial charge >= 0.3 is 0 Å². The summed E-state index contributed by atoms with van der Waals surface area (Å²) >= 11 is 0. The van der Waals surface area contributed by atoms with E-state index in [1.54, 1.807) is 0 Å². The van der Waals surface area contributed by atoms with Crippen LogP contribution < -0.4 is 5.32 Å². The highest BCUT2D eigenvalue weighted by Crippen LogP contribution is 2.58. The number of piperidine rings is 1. The maximum Gasteiger partial charge on any atom is 0.237 e. The summed E-state index contributed by atoms with van der Waals surface area (Å²) in [7, 11) is 0. The van der Waals surface area contributed by atoms with Gasteiger partial charge in [-0.25, -0.2) is 4.39 Å². The van der Waals surface area contributed by atoms with E-state index in [9.17, 15) is 9.18 Å². The molecule has 0 radical (unpaired) electrons. The van der Waals surface area contributed by atoms with Crippen LogP contribution in [0.3, 0.4) is 0 Å². The van der Waals surface area contributed by atoms with Crippen LogP contribution in [0.25, 0.3) is 0 Å². The fourth-order valence-electron chi connectivity index (χ4n) is 7.69. The molecule has 1 aromatic rings. The fraction of sp³-hybridized carbons (Fsp3) is 0.741. The number of carbonyl (C=O) groups excluding carboxylic acids is 1. The van der Waals surface area contributed by atoms with Crippen molar-refractivity contribution in [1.29, 1.82) is 0 Å². The third kappa shape index (κ3) is 4.75. The standard InChI is InChI=1S/C27H40FN3O/c1-19(2)29-25-7-9-30(10-8-25)18-26(32)31(17-20-3-5-24(28)6-4-20)27-14-21-11-22(15-27)13-23(12-21)16-27/h3-6,19,21-23,25,29H,7-18H2,1-2H3. The lowest BCUT2D eigenvalue weighted by molar-refractivity contribution is -0.153. The first-order valence-electron chi connectivity index (χ1n) is 12.9. The Kier molecular flexibility index (Phi) is 6.32. The molecule has 1 heterocycles. The minimum atomic E-state index is -0.209.